The molecule has 5 heteroatoms. The summed E-state index contributed by atoms with van der Waals surface area (Å²) in [5.74, 6) is -0.938. The van der Waals surface area contributed by atoms with Crippen LogP contribution in [0.4, 0.5) is 0 Å². The van der Waals surface area contributed by atoms with Crippen molar-refractivity contribution >= 4 is 33.2 Å². The van der Waals surface area contributed by atoms with E-state index in [1.807, 2.05) is 11.4 Å². The molecule has 0 atom stereocenters. The number of aromatic carboxylic acids is 1. The fourth-order valence-electron chi connectivity index (χ4n) is 1.12. The lowest BCUT2D eigenvalue weighted by molar-refractivity contribution is 0.0691. The summed E-state index contributed by atoms with van der Waals surface area (Å²) in [6.45, 7) is 0. The molecule has 2 aromatic rings. The van der Waals surface area contributed by atoms with Crippen LogP contribution in [0.1, 0.15) is 10.5 Å². The van der Waals surface area contributed by atoms with Crippen LogP contribution in [0.25, 0.3) is 10.6 Å². The number of thiophene rings is 1. The lowest BCUT2D eigenvalue weighted by Crippen LogP contribution is -1.95. The molecule has 2 N–H and O–H groups in total. The van der Waals surface area contributed by atoms with Gasteiger partial charge in [0, 0.05) is 9.85 Å². The number of nitrogens with one attached hydrogen (secondary N) is 1. The Kier molecular flexibility index (Phi) is 2.43. The quantitative estimate of drug-likeness (QED) is 0.882. The number of halogens is 1. The summed E-state index contributed by atoms with van der Waals surface area (Å²) < 4.78 is 1.00. The van der Waals surface area contributed by atoms with E-state index in [2.05, 4.69) is 20.9 Å². The van der Waals surface area contributed by atoms with E-state index in [0.717, 1.165) is 15.0 Å². The monoisotopic (exact) mass is 271 g/mol. The van der Waals surface area contributed by atoms with Crippen molar-refractivity contribution in [1.82, 2.24) is 4.98 Å². The first-order valence-corrected chi connectivity index (χ1v) is 5.51. The molecule has 0 aliphatic carbocycles. The second kappa shape index (κ2) is 3.59. The average molecular weight is 272 g/mol. The first-order valence-electron chi connectivity index (χ1n) is 3.83. The maximum Gasteiger partial charge on any atom is 0.352 e. The van der Waals surface area contributed by atoms with Crippen LogP contribution < -0.4 is 0 Å². The van der Waals surface area contributed by atoms with E-state index in [4.69, 9.17) is 5.11 Å². The van der Waals surface area contributed by atoms with Gasteiger partial charge in [-0.05, 0) is 34.1 Å². The van der Waals surface area contributed by atoms with Crippen LogP contribution in [0.3, 0.4) is 0 Å². The molecule has 0 radical (unpaired) electrons. The van der Waals surface area contributed by atoms with Gasteiger partial charge in [0.25, 0.3) is 0 Å². The molecule has 0 unspecified atom stereocenters. The first-order chi connectivity index (χ1) is 6.66. The Bertz CT molecular complexity index is 475. The van der Waals surface area contributed by atoms with Crippen LogP contribution in [0.15, 0.2) is 28.1 Å². The summed E-state index contributed by atoms with van der Waals surface area (Å²) in [7, 11) is 0. The molecule has 0 aliphatic heterocycles. The number of aromatic amines is 1. The van der Waals surface area contributed by atoms with Crippen molar-refractivity contribution in [3.05, 3.63) is 33.7 Å². The van der Waals surface area contributed by atoms with Gasteiger partial charge in [0.1, 0.15) is 5.69 Å². The molecule has 0 saturated carbocycles. The highest BCUT2D eigenvalue weighted by Crippen LogP contribution is 2.29. The van der Waals surface area contributed by atoms with Gasteiger partial charge < -0.3 is 10.1 Å². The van der Waals surface area contributed by atoms with E-state index in [9.17, 15) is 4.79 Å². The van der Waals surface area contributed by atoms with Crippen LogP contribution in [-0.4, -0.2) is 16.1 Å². The minimum atomic E-state index is -0.938. The fourth-order valence-corrected chi connectivity index (χ4v) is 2.53. The molecular weight excluding hydrogens is 266 g/mol. The van der Waals surface area contributed by atoms with Crippen molar-refractivity contribution in [2.75, 3.05) is 0 Å². The number of carboxylic acids is 1. The third kappa shape index (κ3) is 1.73. The Morgan fingerprint density at radius 1 is 1.50 bits per heavy atom. The van der Waals surface area contributed by atoms with Crippen molar-refractivity contribution in [1.29, 1.82) is 0 Å². The third-order valence-electron chi connectivity index (χ3n) is 1.75. The zero-order valence-electron chi connectivity index (χ0n) is 6.95. The predicted octanol–water partition coefficient (Wildman–Crippen LogP) is 3.20. The molecule has 0 fully saturated rings. The van der Waals surface area contributed by atoms with E-state index < -0.39 is 5.97 Å². The van der Waals surface area contributed by atoms with Gasteiger partial charge in [-0.1, -0.05) is 0 Å². The summed E-state index contributed by atoms with van der Waals surface area (Å²) in [6, 6.07) is 5.27. The van der Waals surface area contributed by atoms with Crippen molar-refractivity contribution in [2.24, 2.45) is 0 Å². The van der Waals surface area contributed by atoms with E-state index in [0.29, 0.717) is 0 Å². The standard InChI is InChI=1S/C9H6BrNO2S/c10-5-3-8(14-4-5)6-1-2-7(11-6)9(12)13/h1-4,11H,(H,12,13). The Balaban J connectivity index is 2.38. The van der Waals surface area contributed by atoms with Crippen molar-refractivity contribution in [2.45, 2.75) is 0 Å². The van der Waals surface area contributed by atoms with Crippen LogP contribution in [0, 0.1) is 0 Å². The van der Waals surface area contributed by atoms with E-state index in [1.165, 1.54) is 0 Å². The minimum Gasteiger partial charge on any atom is -0.477 e. The van der Waals surface area contributed by atoms with Gasteiger partial charge in [-0.2, -0.15) is 0 Å². The van der Waals surface area contributed by atoms with Gasteiger partial charge in [0.05, 0.1) is 10.6 Å². The number of rotatable bonds is 2. The Hall–Kier alpha value is -1.07. The van der Waals surface area contributed by atoms with Gasteiger partial charge in [-0.3, -0.25) is 0 Å². The van der Waals surface area contributed by atoms with E-state index >= 15 is 0 Å². The predicted molar refractivity (Wildman–Crippen MR) is 58.8 cm³/mol. The SMILES string of the molecule is O=C(O)c1ccc(-c2cc(Br)cs2)[nH]1. The highest BCUT2D eigenvalue weighted by molar-refractivity contribution is 9.10. The Labute approximate surface area is 92.5 Å². The number of H-pyrrole nitrogens is 1. The van der Waals surface area contributed by atoms with Gasteiger partial charge in [-0.15, -0.1) is 11.3 Å². The lowest BCUT2D eigenvalue weighted by Gasteiger charge is -1.90. The molecule has 0 bridgehead atoms. The topological polar surface area (TPSA) is 53.1 Å². The number of hydrogen-bond donors (Lipinski definition) is 2. The van der Waals surface area contributed by atoms with E-state index in [1.54, 1.807) is 23.5 Å². The number of carboxylic acid groups (broad SMARTS) is 1. The summed E-state index contributed by atoms with van der Waals surface area (Å²) in [5, 5.41) is 10.7. The molecule has 0 saturated heterocycles. The normalized spacial score (nSPS) is 10.4. The summed E-state index contributed by atoms with van der Waals surface area (Å²) in [6.07, 6.45) is 0. The maximum absolute atomic E-state index is 10.6. The zero-order chi connectivity index (χ0) is 10.1. The zero-order valence-corrected chi connectivity index (χ0v) is 9.35. The van der Waals surface area contributed by atoms with Gasteiger partial charge in [-0.25, -0.2) is 4.79 Å². The lowest BCUT2D eigenvalue weighted by atomic mass is 10.3. The van der Waals surface area contributed by atoms with Crippen LogP contribution in [0.2, 0.25) is 0 Å². The van der Waals surface area contributed by atoms with Gasteiger partial charge in [0.2, 0.25) is 0 Å². The molecule has 2 heterocycles. The van der Waals surface area contributed by atoms with Crippen molar-refractivity contribution < 1.29 is 9.90 Å². The maximum atomic E-state index is 10.6. The molecule has 0 amide bonds. The van der Waals surface area contributed by atoms with Crippen molar-refractivity contribution in [3.8, 4) is 10.6 Å². The average Bonchev–Trinajstić information content (AvgIpc) is 2.70. The fraction of sp³-hybridized carbons (Fsp3) is 0. The molecular formula is C9H6BrNO2S. The van der Waals surface area contributed by atoms with E-state index in [-0.39, 0.29) is 5.69 Å². The van der Waals surface area contributed by atoms with Crippen LogP contribution >= 0.6 is 27.3 Å². The third-order valence-corrected chi connectivity index (χ3v) is 3.47. The minimum absolute atomic E-state index is 0.213. The largest absolute Gasteiger partial charge is 0.477 e. The number of hydrogen-bond acceptors (Lipinski definition) is 2. The molecule has 72 valence electrons. The van der Waals surface area contributed by atoms with Gasteiger partial charge in [0.15, 0.2) is 0 Å². The Morgan fingerprint density at radius 2 is 2.29 bits per heavy atom. The summed E-state index contributed by atoms with van der Waals surface area (Å²) in [4.78, 5) is 14.5. The molecule has 2 aromatic heterocycles. The number of aromatic nitrogens is 1. The highest BCUT2D eigenvalue weighted by Gasteiger charge is 2.08. The van der Waals surface area contributed by atoms with Crippen LogP contribution in [-0.2, 0) is 0 Å². The summed E-state index contributed by atoms with van der Waals surface area (Å²) >= 11 is 4.90. The smallest absolute Gasteiger partial charge is 0.352 e. The number of carbonyl (C=O) groups is 1. The molecule has 0 aromatic carbocycles. The van der Waals surface area contributed by atoms with Gasteiger partial charge >= 0.3 is 5.97 Å². The molecule has 14 heavy (non-hydrogen) atoms. The molecule has 0 aliphatic rings. The Morgan fingerprint density at radius 3 is 2.79 bits per heavy atom. The first kappa shape index (κ1) is 9.48. The van der Waals surface area contributed by atoms with Crippen LogP contribution in [0.5, 0.6) is 0 Å². The van der Waals surface area contributed by atoms with Crippen molar-refractivity contribution in [3.63, 3.8) is 0 Å². The molecule has 0 spiro atoms. The molecule has 3 nitrogen and oxygen atoms in total. The highest BCUT2D eigenvalue weighted by atomic mass is 79.9. The molecule has 2 rings (SSSR count). The second-order valence-electron chi connectivity index (χ2n) is 2.72. The summed E-state index contributed by atoms with van der Waals surface area (Å²) in [5.41, 5.74) is 1.04. The second-order valence-corrected chi connectivity index (χ2v) is 4.55.